The van der Waals surface area contributed by atoms with Gasteiger partial charge < -0.3 is 19.2 Å². The van der Waals surface area contributed by atoms with Crippen molar-refractivity contribution in [2.75, 3.05) is 13.2 Å². The number of rotatable bonds is 8. The average molecular weight is 313 g/mol. The predicted molar refractivity (Wildman–Crippen MR) is 81.4 cm³/mol. The fourth-order valence-electron chi connectivity index (χ4n) is 2.61. The molecule has 0 aromatic heterocycles. The Kier molecular flexibility index (Phi) is 6.84. The van der Waals surface area contributed by atoms with Gasteiger partial charge in [-0.2, -0.15) is 0 Å². The van der Waals surface area contributed by atoms with Gasteiger partial charge in [0.05, 0.1) is 13.0 Å². The van der Waals surface area contributed by atoms with E-state index in [0.717, 1.165) is 19.1 Å². The molecule has 1 rings (SSSR count). The predicted octanol–water partition coefficient (Wildman–Crippen LogP) is 2.54. The number of ether oxygens (including phenoxy) is 2. The zero-order valence-corrected chi connectivity index (χ0v) is 14.0. The van der Waals surface area contributed by atoms with E-state index < -0.39 is 11.5 Å². The molecular formula is C16H27NO5. The van der Waals surface area contributed by atoms with Crippen molar-refractivity contribution in [1.82, 2.24) is 4.90 Å². The van der Waals surface area contributed by atoms with Crippen LogP contribution in [0.3, 0.4) is 0 Å². The van der Waals surface area contributed by atoms with E-state index in [1.807, 2.05) is 6.92 Å². The molecule has 0 radical (unpaired) electrons. The van der Waals surface area contributed by atoms with Crippen molar-refractivity contribution < 1.29 is 23.9 Å². The van der Waals surface area contributed by atoms with Crippen LogP contribution in [0.15, 0.2) is 0 Å². The van der Waals surface area contributed by atoms with Crippen LogP contribution in [0.2, 0.25) is 0 Å². The van der Waals surface area contributed by atoms with Crippen molar-refractivity contribution >= 4 is 18.3 Å². The lowest BCUT2D eigenvalue weighted by molar-refractivity contribution is -0.156. The van der Waals surface area contributed by atoms with Gasteiger partial charge in [-0.05, 0) is 33.6 Å². The molecule has 6 nitrogen and oxygen atoms in total. The summed E-state index contributed by atoms with van der Waals surface area (Å²) in [4.78, 5) is 36.5. The maximum Gasteiger partial charge on any atom is 0.410 e. The van der Waals surface area contributed by atoms with Crippen LogP contribution in [0.5, 0.6) is 0 Å². The molecule has 22 heavy (non-hydrogen) atoms. The van der Waals surface area contributed by atoms with Crippen molar-refractivity contribution in [2.24, 2.45) is 5.92 Å². The molecule has 0 bridgehead atoms. The van der Waals surface area contributed by atoms with Gasteiger partial charge in [0.1, 0.15) is 18.5 Å². The standard InChI is InChI=1S/C16H27NO5/c1-5-6-13(17-7-8-21-15(17)20)9-12(11-18)10-14(19)22-16(2,3)4/h11-13H,5-10H2,1-4H3/t12-,13?/m1/s1. The summed E-state index contributed by atoms with van der Waals surface area (Å²) in [5, 5.41) is 0. The third kappa shape index (κ3) is 6.03. The number of amides is 1. The molecule has 1 aliphatic heterocycles. The van der Waals surface area contributed by atoms with Crippen LogP contribution in [0.25, 0.3) is 0 Å². The van der Waals surface area contributed by atoms with Crippen molar-refractivity contribution in [3.63, 3.8) is 0 Å². The van der Waals surface area contributed by atoms with Crippen molar-refractivity contribution in [3.8, 4) is 0 Å². The molecule has 0 aromatic carbocycles. The molecule has 0 aliphatic carbocycles. The molecule has 6 heteroatoms. The van der Waals surface area contributed by atoms with Crippen molar-refractivity contribution in [2.45, 2.75) is 65.0 Å². The largest absolute Gasteiger partial charge is 0.460 e. The lowest BCUT2D eigenvalue weighted by atomic mass is 9.94. The van der Waals surface area contributed by atoms with Gasteiger partial charge in [-0.25, -0.2) is 4.79 Å². The Morgan fingerprint density at radius 3 is 2.59 bits per heavy atom. The van der Waals surface area contributed by atoms with E-state index in [0.29, 0.717) is 19.6 Å². The highest BCUT2D eigenvalue weighted by Gasteiger charge is 2.31. The van der Waals surface area contributed by atoms with E-state index in [1.165, 1.54) is 0 Å². The van der Waals surface area contributed by atoms with E-state index in [9.17, 15) is 14.4 Å². The van der Waals surface area contributed by atoms with Crippen molar-refractivity contribution in [1.29, 1.82) is 0 Å². The van der Waals surface area contributed by atoms with Crippen LogP contribution < -0.4 is 0 Å². The third-order valence-electron chi connectivity index (χ3n) is 3.47. The first-order valence-electron chi connectivity index (χ1n) is 7.87. The molecule has 1 saturated heterocycles. The van der Waals surface area contributed by atoms with Gasteiger partial charge in [-0.15, -0.1) is 0 Å². The molecule has 1 unspecified atom stereocenters. The number of hydrogen-bond donors (Lipinski definition) is 0. The van der Waals surface area contributed by atoms with E-state index in [-0.39, 0.29) is 24.5 Å². The van der Waals surface area contributed by atoms with Crippen LogP contribution in [-0.2, 0) is 19.1 Å². The Labute approximate surface area is 132 Å². The van der Waals surface area contributed by atoms with Crippen LogP contribution >= 0.6 is 0 Å². The van der Waals surface area contributed by atoms with Gasteiger partial charge in [0, 0.05) is 12.0 Å². The van der Waals surface area contributed by atoms with Crippen molar-refractivity contribution in [3.05, 3.63) is 0 Å². The first-order valence-corrected chi connectivity index (χ1v) is 7.87. The summed E-state index contributed by atoms with van der Waals surface area (Å²) in [6.07, 6.45) is 2.64. The molecule has 1 aliphatic rings. The maximum atomic E-state index is 11.9. The third-order valence-corrected chi connectivity index (χ3v) is 3.47. The second kappa shape index (κ2) is 8.15. The van der Waals surface area contributed by atoms with Crippen LogP contribution in [0.1, 0.15) is 53.4 Å². The Morgan fingerprint density at radius 2 is 2.14 bits per heavy atom. The summed E-state index contributed by atoms with van der Waals surface area (Å²) in [5.41, 5.74) is -0.563. The summed E-state index contributed by atoms with van der Waals surface area (Å²) in [5.74, 6) is -0.830. The summed E-state index contributed by atoms with van der Waals surface area (Å²) >= 11 is 0. The first kappa shape index (κ1) is 18.5. The molecule has 2 atom stereocenters. The van der Waals surface area contributed by atoms with Gasteiger partial charge in [-0.3, -0.25) is 4.79 Å². The lowest BCUT2D eigenvalue weighted by Gasteiger charge is -2.27. The summed E-state index contributed by atoms with van der Waals surface area (Å²) in [6.45, 7) is 8.33. The Morgan fingerprint density at radius 1 is 1.45 bits per heavy atom. The van der Waals surface area contributed by atoms with Gasteiger partial charge in [0.25, 0.3) is 0 Å². The number of carbonyl (C=O) groups is 3. The minimum absolute atomic E-state index is 0.0455. The summed E-state index contributed by atoms with van der Waals surface area (Å²) in [6, 6.07) is -0.0716. The minimum Gasteiger partial charge on any atom is -0.460 e. The molecule has 0 spiro atoms. The number of hydrogen-bond acceptors (Lipinski definition) is 5. The maximum absolute atomic E-state index is 11.9. The molecule has 1 amide bonds. The highest BCUT2D eigenvalue weighted by atomic mass is 16.6. The van der Waals surface area contributed by atoms with Gasteiger partial charge >= 0.3 is 12.1 Å². The molecular weight excluding hydrogens is 286 g/mol. The highest BCUT2D eigenvalue weighted by Crippen LogP contribution is 2.22. The molecule has 0 aromatic rings. The fourth-order valence-corrected chi connectivity index (χ4v) is 2.61. The van der Waals surface area contributed by atoms with E-state index in [1.54, 1.807) is 25.7 Å². The normalized spacial score (nSPS) is 17.8. The Bertz CT molecular complexity index is 402. The Balaban J connectivity index is 2.62. The summed E-state index contributed by atoms with van der Waals surface area (Å²) < 4.78 is 10.2. The van der Waals surface area contributed by atoms with Crippen LogP contribution in [0, 0.1) is 5.92 Å². The van der Waals surface area contributed by atoms with Crippen LogP contribution in [-0.4, -0.2) is 48.0 Å². The number of carbonyl (C=O) groups excluding carboxylic acids is 3. The average Bonchev–Trinajstić information content (AvgIpc) is 2.81. The van der Waals surface area contributed by atoms with Gasteiger partial charge in [0.15, 0.2) is 0 Å². The molecule has 0 N–H and O–H groups in total. The Hall–Kier alpha value is -1.59. The molecule has 1 fully saturated rings. The zero-order valence-electron chi connectivity index (χ0n) is 14.0. The van der Waals surface area contributed by atoms with E-state index in [2.05, 4.69) is 0 Å². The molecule has 0 saturated carbocycles. The SMILES string of the molecule is CCCC(C[C@@H](C=O)CC(=O)OC(C)(C)C)N1CCOC1=O. The quantitative estimate of drug-likeness (QED) is 0.508. The minimum atomic E-state index is -0.563. The number of nitrogens with zero attached hydrogens (tertiary/aromatic N) is 1. The smallest absolute Gasteiger partial charge is 0.410 e. The second-order valence-electron chi connectivity index (χ2n) is 6.67. The fraction of sp³-hybridized carbons (Fsp3) is 0.812. The number of aldehydes is 1. The number of esters is 1. The van der Waals surface area contributed by atoms with Gasteiger partial charge in [0.2, 0.25) is 0 Å². The topological polar surface area (TPSA) is 72.9 Å². The zero-order chi connectivity index (χ0) is 16.8. The van der Waals surface area contributed by atoms with E-state index >= 15 is 0 Å². The van der Waals surface area contributed by atoms with Crippen LogP contribution in [0.4, 0.5) is 4.79 Å². The molecule has 1 heterocycles. The first-order chi connectivity index (χ1) is 10.3. The molecule has 126 valence electrons. The van der Waals surface area contributed by atoms with E-state index in [4.69, 9.17) is 9.47 Å². The monoisotopic (exact) mass is 313 g/mol. The van der Waals surface area contributed by atoms with Gasteiger partial charge in [-0.1, -0.05) is 13.3 Å². The lowest BCUT2D eigenvalue weighted by Crippen LogP contribution is -2.38. The number of cyclic esters (lactones) is 1. The summed E-state index contributed by atoms with van der Waals surface area (Å²) in [7, 11) is 0. The highest BCUT2D eigenvalue weighted by molar-refractivity contribution is 5.74. The second-order valence-corrected chi connectivity index (χ2v) is 6.67.